The monoisotopic (exact) mass is 300 g/mol. The highest BCUT2D eigenvalue weighted by molar-refractivity contribution is 7.91. The topological polar surface area (TPSA) is 71.4 Å². The number of carboxylic acid groups (broad SMARTS) is 1. The summed E-state index contributed by atoms with van der Waals surface area (Å²) in [4.78, 5) is 9.14. The van der Waals surface area contributed by atoms with Crippen LogP contribution in [0, 0.1) is 5.82 Å². The van der Waals surface area contributed by atoms with Gasteiger partial charge in [0.2, 0.25) is 0 Å². The van der Waals surface area contributed by atoms with Gasteiger partial charge in [-0.3, -0.25) is 4.79 Å². The van der Waals surface area contributed by atoms with Crippen molar-refractivity contribution in [1.82, 2.24) is 0 Å². The molecule has 0 atom stereocenters. The highest BCUT2D eigenvalue weighted by Crippen LogP contribution is 2.35. The van der Waals surface area contributed by atoms with Crippen molar-refractivity contribution in [3.05, 3.63) is 29.6 Å². The van der Waals surface area contributed by atoms with Crippen LogP contribution in [0.1, 0.15) is 12.0 Å². The minimum absolute atomic E-state index is 0.0631. The molecule has 4 nitrogen and oxygen atoms in total. The largest absolute Gasteiger partial charge is 0.481 e. The second-order valence-electron chi connectivity index (χ2n) is 3.60. The molecular weight excluding hydrogens is 292 g/mol. The van der Waals surface area contributed by atoms with Gasteiger partial charge in [0.05, 0.1) is 22.6 Å². The average molecular weight is 300 g/mol. The molecule has 0 radical (unpaired) electrons. The number of carboxylic acids is 1. The molecule has 0 spiro atoms. The number of hydrogen-bond donors (Lipinski definition) is 1. The van der Waals surface area contributed by atoms with Crippen molar-refractivity contribution < 1.29 is 35.9 Å². The molecule has 0 aromatic heterocycles. The predicted octanol–water partition coefficient (Wildman–Crippen LogP) is 2.09. The lowest BCUT2D eigenvalue weighted by molar-refractivity contribution is -0.140. The van der Waals surface area contributed by atoms with Crippen LogP contribution in [0.15, 0.2) is 23.1 Å². The molecule has 1 N–H and O–H groups in total. The van der Waals surface area contributed by atoms with Gasteiger partial charge in [0.1, 0.15) is 5.82 Å². The number of benzene rings is 1. The first-order valence-electron chi connectivity index (χ1n) is 4.85. The van der Waals surface area contributed by atoms with E-state index < -0.39 is 50.4 Å². The molecule has 0 aliphatic carbocycles. The van der Waals surface area contributed by atoms with Crippen molar-refractivity contribution in [1.29, 1.82) is 0 Å². The zero-order valence-corrected chi connectivity index (χ0v) is 10.1. The average Bonchev–Trinajstić information content (AvgIpc) is 2.25. The maximum Gasteiger partial charge on any atom is 0.417 e. The van der Waals surface area contributed by atoms with Gasteiger partial charge < -0.3 is 5.11 Å². The van der Waals surface area contributed by atoms with Gasteiger partial charge in [-0.15, -0.1) is 0 Å². The molecule has 0 amide bonds. The summed E-state index contributed by atoms with van der Waals surface area (Å²) in [5.74, 6) is -3.68. The van der Waals surface area contributed by atoms with Crippen LogP contribution in [0.25, 0.3) is 0 Å². The molecular formula is C10H8F4O4S. The molecule has 0 aliphatic heterocycles. The summed E-state index contributed by atoms with van der Waals surface area (Å²) in [5.41, 5.74) is -1.64. The maximum absolute atomic E-state index is 12.8. The fraction of sp³-hybridized carbons (Fsp3) is 0.300. The van der Waals surface area contributed by atoms with E-state index in [0.29, 0.717) is 12.1 Å². The van der Waals surface area contributed by atoms with E-state index in [4.69, 9.17) is 5.11 Å². The minimum Gasteiger partial charge on any atom is -0.481 e. The normalized spacial score (nSPS) is 12.4. The van der Waals surface area contributed by atoms with E-state index in [0.717, 1.165) is 0 Å². The van der Waals surface area contributed by atoms with Crippen LogP contribution in [0.5, 0.6) is 0 Å². The van der Waals surface area contributed by atoms with Crippen LogP contribution in [-0.4, -0.2) is 25.2 Å². The van der Waals surface area contributed by atoms with E-state index >= 15 is 0 Å². The first kappa shape index (κ1) is 15.4. The number of carbonyl (C=O) groups is 1. The molecule has 19 heavy (non-hydrogen) atoms. The number of sulfone groups is 1. The quantitative estimate of drug-likeness (QED) is 0.682. The second-order valence-corrected chi connectivity index (χ2v) is 5.68. The number of rotatable bonds is 4. The van der Waals surface area contributed by atoms with Gasteiger partial charge in [-0.25, -0.2) is 12.8 Å². The molecule has 0 aliphatic rings. The minimum atomic E-state index is -5.05. The highest BCUT2D eigenvalue weighted by Gasteiger charge is 2.37. The first-order valence-corrected chi connectivity index (χ1v) is 6.50. The number of alkyl halides is 3. The zero-order chi connectivity index (χ0) is 14.8. The molecule has 1 rings (SSSR count). The van der Waals surface area contributed by atoms with Crippen molar-refractivity contribution in [3.63, 3.8) is 0 Å². The van der Waals surface area contributed by atoms with E-state index in [-0.39, 0.29) is 6.07 Å². The van der Waals surface area contributed by atoms with Gasteiger partial charge in [-0.05, 0) is 18.2 Å². The molecule has 0 fully saturated rings. The summed E-state index contributed by atoms with van der Waals surface area (Å²) in [5, 5.41) is 8.35. The van der Waals surface area contributed by atoms with Crippen molar-refractivity contribution in [2.45, 2.75) is 17.5 Å². The van der Waals surface area contributed by atoms with Crippen molar-refractivity contribution in [3.8, 4) is 0 Å². The Hall–Kier alpha value is -1.64. The van der Waals surface area contributed by atoms with Crippen LogP contribution < -0.4 is 0 Å². The van der Waals surface area contributed by atoms with Gasteiger partial charge >= 0.3 is 12.1 Å². The van der Waals surface area contributed by atoms with Gasteiger partial charge in [-0.1, -0.05) is 0 Å². The van der Waals surface area contributed by atoms with Crippen LogP contribution >= 0.6 is 0 Å². The van der Waals surface area contributed by atoms with Gasteiger partial charge in [0, 0.05) is 0 Å². The van der Waals surface area contributed by atoms with E-state index in [1.54, 1.807) is 0 Å². The summed E-state index contributed by atoms with van der Waals surface area (Å²) >= 11 is 0. The van der Waals surface area contributed by atoms with Crippen LogP contribution in [-0.2, 0) is 20.8 Å². The first-order chi connectivity index (χ1) is 8.54. The van der Waals surface area contributed by atoms with E-state index in [1.807, 2.05) is 0 Å². The molecule has 0 heterocycles. The third-order valence-electron chi connectivity index (χ3n) is 2.17. The Kier molecular flexibility index (Phi) is 4.18. The number of halogens is 4. The molecule has 1 aromatic carbocycles. The van der Waals surface area contributed by atoms with E-state index in [1.165, 1.54) is 0 Å². The molecule has 0 saturated carbocycles. The lowest BCUT2D eigenvalue weighted by Gasteiger charge is -2.12. The van der Waals surface area contributed by atoms with E-state index in [2.05, 4.69) is 0 Å². The third kappa shape index (κ3) is 3.91. The number of hydrogen-bond acceptors (Lipinski definition) is 3. The Labute approximate surface area is 105 Å². The smallest absolute Gasteiger partial charge is 0.417 e. The fourth-order valence-corrected chi connectivity index (χ4v) is 2.77. The van der Waals surface area contributed by atoms with Crippen molar-refractivity contribution in [2.75, 3.05) is 5.75 Å². The summed E-state index contributed by atoms with van der Waals surface area (Å²) in [6.45, 7) is 0. The van der Waals surface area contributed by atoms with Crippen molar-refractivity contribution in [2.24, 2.45) is 0 Å². The maximum atomic E-state index is 12.8. The van der Waals surface area contributed by atoms with Gasteiger partial charge in [0.25, 0.3) is 0 Å². The Morgan fingerprint density at radius 1 is 1.26 bits per heavy atom. The Bertz CT molecular complexity index is 592. The number of aliphatic carboxylic acids is 1. The molecule has 0 saturated heterocycles. The van der Waals surface area contributed by atoms with Crippen molar-refractivity contribution >= 4 is 15.8 Å². The lowest BCUT2D eigenvalue weighted by Crippen LogP contribution is -2.17. The second kappa shape index (κ2) is 5.16. The van der Waals surface area contributed by atoms with Crippen LogP contribution in [0.4, 0.5) is 17.6 Å². The highest BCUT2D eigenvalue weighted by atomic mass is 32.2. The lowest BCUT2D eigenvalue weighted by atomic mass is 10.2. The van der Waals surface area contributed by atoms with E-state index in [9.17, 15) is 30.8 Å². The Morgan fingerprint density at radius 3 is 2.32 bits per heavy atom. The SMILES string of the molecule is O=C(O)CCS(=O)(=O)c1ccc(F)cc1C(F)(F)F. The van der Waals surface area contributed by atoms with Gasteiger partial charge in [0.15, 0.2) is 9.84 Å². The molecule has 1 aromatic rings. The van der Waals surface area contributed by atoms with Crippen LogP contribution in [0.2, 0.25) is 0 Å². The summed E-state index contributed by atoms with van der Waals surface area (Å²) < 4.78 is 73.9. The third-order valence-corrected chi connectivity index (χ3v) is 3.93. The summed E-state index contributed by atoms with van der Waals surface area (Å²) in [6.07, 6.45) is -5.88. The standard InChI is InChI=1S/C10H8F4O4S/c11-6-1-2-8(7(5-6)10(12,13)14)19(17,18)4-3-9(15)16/h1-2,5H,3-4H2,(H,15,16). The Morgan fingerprint density at radius 2 is 1.84 bits per heavy atom. The summed E-state index contributed by atoms with van der Waals surface area (Å²) in [6, 6.07) is 1.12. The molecule has 106 valence electrons. The molecule has 9 heteroatoms. The fourth-order valence-electron chi connectivity index (χ4n) is 1.33. The molecule has 0 bridgehead atoms. The molecule has 0 unspecified atom stereocenters. The zero-order valence-electron chi connectivity index (χ0n) is 9.24. The predicted molar refractivity (Wildman–Crippen MR) is 55.7 cm³/mol. The summed E-state index contributed by atoms with van der Waals surface area (Å²) in [7, 11) is -4.45. The Balaban J connectivity index is 3.31. The van der Waals surface area contributed by atoms with Gasteiger partial charge in [-0.2, -0.15) is 13.2 Å². The van der Waals surface area contributed by atoms with Crippen LogP contribution in [0.3, 0.4) is 0 Å².